The van der Waals surface area contributed by atoms with Crippen LogP contribution in [-0.4, -0.2) is 44.0 Å². The zero-order valence-corrected chi connectivity index (χ0v) is 16.2. The van der Waals surface area contributed by atoms with Crippen LogP contribution in [0.15, 0.2) is 24.5 Å². The minimum absolute atomic E-state index is 0.0161. The van der Waals surface area contributed by atoms with Gasteiger partial charge in [0.15, 0.2) is 0 Å². The second-order valence-corrected chi connectivity index (χ2v) is 6.89. The molecule has 0 bridgehead atoms. The number of aryl methyl sites for hydroxylation is 1. The molecule has 156 valence electrons. The van der Waals surface area contributed by atoms with Crippen LogP contribution < -0.4 is 5.73 Å². The van der Waals surface area contributed by atoms with Gasteiger partial charge in [-0.15, -0.1) is 0 Å². The fraction of sp³-hybridized carbons (Fsp3) is 0.389. The Morgan fingerprint density at radius 3 is 2.66 bits per heavy atom. The van der Waals surface area contributed by atoms with Gasteiger partial charge in [0.05, 0.1) is 52.6 Å². The molecule has 4 rings (SSSR count). The van der Waals surface area contributed by atoms with Crippen LogP contribution in [0, 0.1) is 6.92 Å². The van der Waals surface area contributed by atoms with Gasteiger partial charge in [-0.25, -0.2) is 14.5 Å². The fourth-order valence-electron chi connectivity index (χ4n) is 2.96. The first-order valence-electron chi connectivity index (χ1n) is 8.77. The molecule has 0 spiro atoms. The molecule has 0 radical (unpaired) electrons. The molecule has 1 saturated heterocycles. The molecule has 1 atom stereocenters. The number of nitrogens with zero attached hydrogens (tertiary/aromatic N) is 4. The van der Waals surface area contributed by atoms with E-state index in [9.17, 15) is 13.2 Å². The summed E-state index contributed by atoms with van der Waals surface area (Å²) in [7, 11) is 0. The number of anilines is 1. The molecule has 0 amide bonds. The number of pyridine rings is 1. The number of hydrogen-bond acceptors (Lipinski definition) is 6. The van der Waals surface area contributed by atoms with Crippen LogP contribution in [0.4, 0.5) is 19.1 Å². The highest BCUT2D eigenvalue weighted by molar-refractivity contribution is 6.33. The lowest BCUT2D eigenvalue weighted by atomic mass is 10.1. The standard InChI is InChI=1S/C13H9ClF3N5.C5H10O2/c1-6-8(13(15,16)17)2-3-10-7(4-20-22(6)10)11-9(14)5-19-12(18)21-11;6-5-2-1-3-7-4-5/h2-5H,1H3,(H2,18,19,21);5-6H,1-4H2. The van der Waals surface area contributed by atoms with Gasteiger partial charge in [0, 0.05) is 12.2 Å². The molecule has 3 aromatic rings. The van der Waals surface area contributed by atoms with Gasteiger partial charge in [0.25, 0.3) is 0 Å². The summed E-state index contributed by atoms with van der Waals surface area (Å²) in [5, 5.41) is 13.0. The Balaban J connectivity index is 0.000000290. The van der Waals surface area contributed by atoms with Gasteiger partial charge in [-0.1, -0.05) is 11.6 Å². The highest BCUT2D eigenvalue weighted by Gasteiger charge is 2.33. The van der Waals surface area contributed by atoms with Crippen molar-refractivity contribution < 1.29 is 23.0 Å². The van der Waals surface area contributed by atoms with Gasteiger partial charge >= 0.3 is 6.18 Å². The molecule has 0 aromatic carbocycles. The summed E-state index contributed by atoms with van der Waals surface area (Å²) in [5.41, 5.74) is 6.02. The van der Waals surface area contributed by atoms with Crippen molar-refractivity contribution >= 4 is 23.1 Å². The van der Waals surface area contributed by atoms with Crippen LogP contribution in [0.2, 0.25) is 5.02 Å². The Labute approximate surface area is 169 Å². The lowest BCUT2D eigenvalue weighted by Crippen LogP contribution is -2.21. The first kappa shape index (κ1) is 21.3. The zero-order chi connectivity index (χ0) is 21.2. The molecule has 1 aliphatic rings. The molecule has 1 aliphatic heterocycles. The van der Waals surface area contributed by atoms with E-state index in [1.165, 1.54) is 29.9 Å². The Bertz CT molecular complexity index is 1000. The van der Waals surface area contributed by atoms with Crippen LogP contribution in [0.25, 0.3) is 16.8 Å². The minimum Gasteiger partial charge on any atom is -0.391 e. The Morgan fingerprint density at radius 2 is 2.07 bits per heavy atom. The van der Waals surface area contributed by atoms with E-state index in [4.69, 9.17) is 27.2 Å². The van der Waals surface area contributed by atoms with E-state index in [1.807, 2.05) is 0 Å². The lowest BCUT2D eigenvalue weighted by molar-refractivity contribution is -0.138. The van der Waals surface area contributed by atoms with Crippen molar-refractivity contribution in [3.05, 3.63) is 40.8 Å². The van der Waals surface area contributed by atoms with E-state index in [-0.39, 0.29) is 22.8 Å². The first-order chi connectivity index (χ1) is 13.7. The van der Waals surface area contributed by atoms with E-state index in [2.05, 4.69) is 15.1 Å². The van der Waals surface area contributed by atoms with Crippen LogP contribution in [0.1, 0.15) is 24.1 Å². The van der Waals surface area contributed by atoms with E-state index in [1.54, 1.807) is 0 Å². The summed E-state index contributed by atoms with van der Waals surface area (Å²) < 4.78 is 44.9. The molecule has 11 heteroatoms. The second kappa shape index (κ2) is 8.52. The summed E-state index contributed by atoms with van der Waals surface area (Å²) in [5.74, 6) is 0.0161. The number of halogens is 4. The van der Waals surface area contributed by atoms with Gasteiger partial charge in [-0.2, -0.15) is 18.3 Å². The van der Waals surface area contributed by atoms with E-state index in [0.717, 1.165) is 25.5 Å². The number of aromatic nitrogens is 4. The molecule has 4 heterocycles. The third-order valence-electron chi connectivity index (χ3n) is 4.38. The molecular formula is C18H19ClF3N5O2. The van der Waals surface area contributed by atoms with Crippen molar-refractivity contribution in [3.8, 4) is 11.3 Å². The van der Waals surface area contributed by atoms with Gasteiger partial charge in [0.1, 0.15) is 0 Å². The predicted molar refractivity (Wildman–Crippen MR) is 101 cm³/mol. The molecule has 29 heavy (non-hydrogen) atoms. The van der Waals surface area contributed by atoms with Gasteiger partial charge < -0.3 is 15.6 Å². The number of ether oxygens (including phenoxy) is 1. The number of hydrogen-bond donors (Lipinski definition) is 2. The molecule has 7 nitrogen and oxygen atoms in total. The maximum Gasteiger partial charge on any atom is 0.418 e. The SMILES string of the molecule is Cc1c(C(F)(F)F)ccc2c(-c3nc(N)ncc3Cl)cnn12.OC1CCCOC1. The number of alkyl halides is 3. The fourth-order valence-corrected chi connectivity index (χ4v) is 3.15. The first-order valence-corrected chi connectivity index (χ1v) is 9.15. The summed E-state index contributed by atoms with van der Waals surface area (Å²) in [6.45, 7) is 2.72. The number of aliphatic hydroxyl groups excluding tert-OH is 1. The van der Waals surface area contributed by atoms with Gasteiger partial charge in [-0.3, -0.25) is 0 Å². The predicted octanol–water partition coefficient (Wildman–Crippen LogP) is 3.51. The molecule has 3 aromatic heterocycles. The summed E-state index contributed by atoms with van der Waals surface area (Å²) >= 11 is 6.03. The largest absolute Gasteiger partial charge is 0.418 e. The Hall–Kier alpha value is -2.43. The second-order valence-electron chi connectivity index (χ2n) is 6.48. The van der Waals surface area contributed by atoms with Gasteiger partial charge in [-0.05, 0) is 31.9 Å². The van der Waals surface area contributed by atoms with Crippen molar-refractivity contribution in [1.29, 1.82) is 0 Å². The molecule has 1 unspecified atom stereocenters. The smallest absolute Gasteiger partial charge is 0.391 e. The molecular weight excluding hydrogens is 411 g/mol. The van der Waals surface area contributed by atoms with Crippen molar-refractivity contribution in [2.45, 2.75) is 32.0 Å². The summed E-state index contributed by atoms with van der Waals surface area (Å²) in [6, 6.07) is 2.33. The van der Waals surface area contributed by atoms with Crippen molar-refractivity contribution in [1.82, 2.24) is 19.6 Å². The van der Waals surface area contributed by atoms with Gasteiger partial charge in [0.2, 0.25) is 5.95 Å². The Kier molecular flexibility index (Phi) is 6.25. The average molecular weight is 430 g/mol. The molecule has 1 fully saturated rings. The van der Waals surface area contributed by atoms with E-state index in [0.29, 0.717) is 23.4 Å². The Morgan fingerprint density at radius 1 is 1.31 bits per heavy atom. The number of fused-ring (bicyclic) bond motifs is 1. The highest BCUT2D eigenvalue weighted by Crippen LogP contribution is 2.35. The third-order valence-corrected chi connectivity index (χ3v) is 4.66. The van der Waals surface area contributed by atoms with Crippen molar-refractivity contribution in [2.75, 3.05) is 18.9 Å². The van der Waals surface area contributed by atoms with Crippen LogP contribution in [0.3, 0.4) is 0 Å². The van der Waals surface area contributed by atoms with Crippen molar-refractivity contribution in [3.63, 3.8) is 0 Å². The maximum absolute atomic E-state index is 12.9. The minimum atomic E-state index is -4.44. The number of rotatable bonds is 1. The average Bonchev–Trinajstić information content (AvgIpc) is 3.09. The molecule has 0 saturated carbocycles. The maximum atomic E-state index is 12.9. The normalized spacial score (nSPS) is 17.1. The monoisotopic (exact) mass is 429 g/mol. The lowest BCUT2D eigenvalue weighted by Gasteiger charge is -2.15. The topological polar surface area (TPSA) is 98.6 Å². The third kappa shape index (κ3) is 4.77. The zero-order valence-electron chi connectivity index (χ0n) is 15.4. The quantitative estimate of drug-likeness (QED) is 0.614. The number of nitrogen functional groups attached to an aromatic ring is 1. The summed E-state index contributed by atoms with van der Waals surface area (Å²) in [6.07, 6.45) is 0.0342. The number of nitrogens with two attached hydrogens (primary N) is 1. The molecule has 0 aliphatic carbocycles. The van der Waals surface area contributed by atoms with E-state index < -0.39 is 11.7 Å². The number of aliphatic hydroxyl groups is 1. The van der Waals surface area contributed by atoms with Crippen LogP contribution in [-0.2, 0) is 10.9 Å². The summed E-state index contributed by atoms with van der Waals surface area (Å²) in [4.78, 5) is 7.78. The van der Waals surface area contributed by atoms with E-state index >= 15 is 0 Å². The van der Waals surface area contributed by atoms with Crippen LogP contribution >= 0.6 is 11.6 Å². The highest BCUT2D eigenvalue weighted by atomic mass is 35.5. The van der Waals surface area contributed by atoms with Crippen LogP contribution in [0.5, 0.6) is 0 Å². The van der Waals surface area contributed by atoms with Crippen molar-refractivity contribution in [2.24, 2.45) is 0 Å². The molecule has 3 N–H and O–H groups in total.